The smallest absolute Gasteiger partial charge is 0.240 e. The van der Waals surface area contributed by atoms with E-state index in [9.17, 15) is 21.6 Å². The van der Waals surface area contributed by atoms with Crippen LogP contribution in [0.1, 0.15) is 37.0 Å². The Morgan fingerprint density at radius 3 is 2.06 bits per heavy atom. The van der Waals surface area contributed by atoms with E-state index < -0.39 is 20.0 Å². The molecule has 0 aromatic heterocycles. The fraction of sp³-hybridized carbons (Fsp3) is 0.381. The highest BCUT2D eigenvalue weighted by Gasteiger charge is 2.14. The van der Waals surface area contributed by atoms with Crippen molar-refractivity contribution in [1.29, 1.82) is 0 Å². The van der Waals surface area contributed by atoms with E-state index in [0.717, 1.165) is 11.1 Å². The molecule has 170 valence electrons. The largest absolute Gasteiger partial charge is 0.352 e. The number of carbonyl (C=O) groups is 1. The maximum absolute atomic E-state index is 12.2. The van der Waals surface area contributed by atoms with E-state index in [1.807, 2.05) is 6.92 Å². The second kappa shape index (κ2) is 10.9. The van der Waals surface area contributed by atoms with Crippen molar-refractivity contribution in [2.75, 3.05) is 6.54 Å². The first-order chi connectivity index (χ1) is 14.5. The zero-order valence-electron chi connectivity index (χ0n) is 17.9. The number of nitrogens with one attached hydrogen (secondary N) is 3. The Morgan fingerprint density at radius 1 is 0.903 bits per heavy atom. The molecule has 31 heavy (non-hydrogen) atoms. The van der Waals surface area contributed by atoms with E-state index in [-0.39, 0.29) is 42.1 Å². The Labute approximate surface area is 184 Å². The first kappa shape index (κ1) is 25.0. The highest BCUT2D eigenvalue weighted by molar-refractivity contribution is 7.89. The summed E-state index contributed by atoms with van der Waals surface area (Å²) in [6, 6.07) is 13.2. The minimum absolute atomic E-state index is 0.00227. The van der Waals surface area contributed by atoms with E-state index in [1.54, 1.807) is 50.2 Å². The molecule has 2 aromatic rings. The molecule has 0 heterocycles. The van der Waals surface area contributed by atoms with Gasteiger partial charge in [0.15, 0.2) is 0 Å². The summed E-state index contributed by atoms with van der Waals surface area (Å²) in [6.45, 7) is 5.64. The maximum Gasteiger partial charge on any atom is 0.240 e. The molecular formula is C21H29N3O5S2. The molecule has 2 rings (SSSR count). The van der Waals surface area contributed by atoms with Gasteiger partial charge in [-0.25, -0.2) is 26.3 Å². The second-order valence-corrected chi connectivity index (χ2v) is 11.1. The minimum atomic E-state index is -3.65. The van der Waals surface area contributed by atoms with Gasteiger partial charge in [0.05, 0.1) is 10.6 Å². The monoisotopic (exact) mass is 467 g/mol. The van der Waals surface area contributed by atoms with Crippen LogP contribution in [0.15, 0.2) is 53.4 Å². The van der Waals surface area contributed by atoms with Crippen molar-refractivity contribution < 1.29 is 21.6 Å². The fourth-order valence-electron chi connectivity index (χ4n) is 2.76. The van der Waals surface area contributed by atoms with Gasteiger partial charge in [0.1, 0.15) is 0 Å². The summed E-state index contributed by atoms with van der Waals surface area (Å²) in [6.07, 6.45) is 0.00227. The van der Waals surface area contributed by atoms with Gasteiger partial charge in [-0.1, -0.05) is 42.0 Å². The van der Waals surface area contributed by atoms with Gasteiger partial charge >= 0.3 is 0 Å². The van der Waals surface area contributed by atoms with Crippen LogP contribution in [0.5, 0.6) is 0 Å². The normalized spacial score (nSPS) is 12.1. The summed E-state index contributed by atoms with van der Waals surface area (Å²) in [5.41, 5.74) is 2.42. The topological polar surface area (TPSA) is 121 Å². The van der Waals surface area contributed by atoms with Crippen molar-refractivity contribution in [3.05, 3.63) is 65.2 Å². The third-order valence-corrected chi connectivity index (χ3v) is 7.28. The van der Waals surface area contributed by atoms with Crippen LogP contribution < -0.4 is 14.8 Å². The first-order valence-corrected chi connectivity index (χ1v) is 13.0. The third-order valence-electron chi connectivity index (χ3n) is 4.26. The standard InChI is InChI=1S/C21H29N3O5S2/c1-16(2)24-30(26,27)15-19-8-6-18(7-9-19)14-22-21(25)12-13-23-31(28,29)20-10-4-17(3)5-11-20/h4-11,16,23-24H,12-15H2,1-3H3,(H,22,25). The van der Waals surface area contributed by atoms with Gasteiger partial charge in [-0.05, 0) is 44.0 Å². The van der Waals surface area contributed by atoms with Crippen LogP contribution in [0.25, 0.3) is 0 Å². The molecule has 0 unspecified atom stereocenters. The molecular weight excluding hydrogens is 438 g/mol. The van der Waals surface area contributed by atoms with Crippen LogP contribution in [0.2, 0.25) is 0 Å². The van der Waals surface area contributed by atoms with Gasteiger partial charge in [-0.2, -0.15) is 0 Å². The van der Waals surface area contributed by atoms with Crippen molar-refractivity contribution in [2.24, 2.45) is 0 Å². The number of benzene rings is 2. The molecule has 1 amide bonds. The highest BCUT2D eigenvalue weighted by atomic mass is 32.2. The van der Waals surface area contributed by atoms with Gasteiger partial charge in [-0.15, -0.1) is 0 Å². The molecule has 0 saturated carbocycles. The van der Waals surface area contributed by atoms with E-state index in [0.29, 0.717) is 5.56 Å². The predicted molar refractivity (Wildman–Crippen MR) is 120 cm³/mol. The Balaban J connectivity index is 1.78. The second-order valence-electron chi connectivity index (χ2n) is 7.59. The van der Waals surface area contributed by atoms with Crippen LogP contribution in [0.4, 0.5) is 0 Å². The molecule has 2 aromatic carbocycles. The fourth-order valence-corrected chi connectivity index (χ4v) is 5.23. The minimum Gasteiger partial charge on any atom is -0.352 e. The Morgan fingerprint density at radius 2 is 1.48 bits per heavy atom. The lowest BCUT2D eigenvalue weighted by molar-refractivity contribution is -0.121. The Kier molecular flexibility index (Phi) is 8.75. The quantitative estimate of drug-likeness (QED) is 0.465. The lowest BCUT2D eigenvalue weighted by atomic mass is 10.1. The number of sulfonamides is 2. The van der Waals surface area contributed by atoms with Crippen molar-refractivity contribution in [3.8, 4) is 0 Å². The van der Waals surface area contributed by atoms with Gasteiger partial charge in [0, 0.05) is 25.6 Å². The van der Waals surface area contributed by atoms with Crippen LogP contribution >= 0.6 is 0 Å². The molecule has 10 heteroatoms. The van der Waals surface area contributed by atoms with E-state index >= 15 is 0 Å². The maximum atomic E-state index is 12.2. The molecule has 0 aliphatic heterocycles. The molecule has 0 fully saturated rings. The van der Waals surface area contributed by atoms with Crippen molar-refractivity contribution >= 4 is 26.0 Å². The summed E-state index contributed by atoms with van der Waals surface area (Å²) in [7, 11) is -7.04. The van der Waals surface area contributed by atoms with Gasteiger partial charge < -0.3 is 5.32 Å². The van der Waals surface area contributed by atoms with Crippen molar-refractivity contribution in [2.45, 2.75) is 50.4 Å². The Bertz CT molecular complexity index is 1080. The molecule has 0 saturated heterocycles. The molecule has 0 radical (unpaired) electrons. The molecule has 0 bridgehead atoms. The third kappa shape index (κ3) is 8.78. The molecule has 8 nitrogen and oxygen atoms in total. The zero-order chi connectivity index (χ0) is 23.1. The molecule has 3 N–H and O–H groups in total. The van der Waals surface area contributed by atoms with Crippen LogP contribution in [0, 0.1) is 6.92 Å². The molecule has 0 spiro atoms. The number of carbonyl (C=O) groups excluding carboxylic acids is 1. The number of hydrogen-bond acceptors (Lipinski definition) is 5. The van der Waals surface area contributed by atoms with Crippen LogP contribution in [-0.4, -0.2) is 35.3 Å². The number of amides is 1. The molecule has 0 atom stereocenters. The van der Waals surface area contributed by atoms with Crippen molar-refractivity contribution in [1.82, 2.24) is 14.8 Å². The SMILES string of the molecule is Cc1ccc(S(=O)(=O)NCCC(=O)NCc2ccc(CS(=O)(=O)NC(C)C)cc2)cc1. The summed E-state index contributed by atoms with van der Waals surface area (Å²) in [5, 5.41) is 2.72. The van der Waals surface area contributed by atoms with Crippen molar-refractivity contribution in [3.63, 3.8) is 0 Å². The summed E-state index contributed by atoms with van der Waals surface area (Å²) >= 11 is 0. The number of hydrogen-bond donors (Lipinski definition) is 3. The summed E-state index contributed by atoms with van der Waals surface area (Å²) < 4.78 is 53.3. The van der Waals surface area contributed by atoms with Gasteiger partial charge in [0.2, 0.25) is 26.0 Å². The predicted octanol–water partition coefficient (Wildman–Crippen LogP) is 1.81. The molecule has 0 aliphatic rings. The van der Waals surface area contributed by atoms with E-state index in [1.165, 1.54) is 12.1 Å². The zero-order valence-corrected chi connectivity index (χ0v) is 19.5. The summed E-state index contributed by atoms with van der Waals surface area (Å²) in [4.78, 5) is 12.2. The number of rotatable bonds is 11. The van der Waals surface area contributed by atoms with Gasteiger partial charge in [-0.3, -0.25) is 4.79 Å². The highest BCUT2D eigenvalue weighted by Crippen LogP contribution is 2.10. The summed E-state index contributed by atoms with van der Waals surface area (Å²) in [5.74, 6) is -0.404. The average Bonchev–Trinajstić information content (AvgIpc) is 2.66. The lowest BCUT2D eigenvalue weighted by Gasteiger charge is -2.10. The van der Waals surface area contributed by atoms with Crippen LogP contribution in [0.3, 0.4) is 0 Å². The number of aryl methyl sites for hydroxylation is 1. The average molecular weight is 468 g/mol. The lowest BCUT2D eigenvalue weighted by Crippen LogP contribution is -2.31. The van der Waals surface area contributed by atoms with Gasteiger partial charge in [0.25, 0.3) is 0 Å². The Hall–Kier alpha value is -2.27. The van der Waals surface area contributed by atoms with E-state index in [2.05, 4.69) is 14.8 Å². The first-order valence-electron chi connectivity index (χ1n) is 9.88. The molecule has 0 aliphatic carbocycles. The van der Waals surface area contributed by atoms with E-state index in [4.69, 9.17) is 0 Å². The van der Waals surface area contributed by atoms with Crippen LogP contribution in [-0.2, 0) is 37.1 Å².